The van der Waals surface area contributed by atoms with Gasteiger partial charge in [0.25, 0.3) is 0 Å². The first-order chi connectivity index (χ1) is 20.6. The molecule has 4 aromatic carbocycles. The second kappa shape index (κ2) is 15.4. The van der Waals surface area contributed by atoms with Crippen LogP contribution in [0.15, 0.2) is 121 Å². The Balaban J connectivity index is 1.32. The van der Waals surface area contributed by atoms with Crippen molar-refractivity contribution in [1.29, 1.82) is 0 Å². The maximum Gasteiger partial charge on any atom is 0.330 e. The molecule has 8 heteroatoms. The summed E-state index contributed by atoms with van der Waals surface area (Å²) in [6.07, 6.45) is -2.76. The Labute approximate surface area is 247 Å². The quantitative estimate of drug-likeness (QED) is 0.137. The van der Waals surface area contributed by atoms with E-state index in [0.29, 0.717) is 19.8 Å². The van der Waals surface area contributed by atoms with Crippen LogP contribution < -0.4 is 0 Å². The molecule has 1 fully saturated rings. The monoisotopic (exact) mass is 588 g/mol. The molecule has 0 bridgehead atoms. The van der Waals surface area contributed by atoms with Crippen LogP contribution in [-0.4, -0.2) is 37.9 Å². The molecule has 1 saturated heterocycles. The van der Waals surface area contributed by atoms with E-state index in [1.807, 2.05) is 121 Å². The molecular formula is C34H37O7P. The van der Waals surface area contributed by atoms with Gasteiger partial charge in [-0.3, -0.25) is 9.09 Å². The van der Waals surface area contributed by atoms with Crippen molar-refractivity contribution in [2.75, 3.05) is 13.3 Å². The Morgan fingerprint density at radius 3 is 1.52 bits per heavy atom. The molecule has 1 unspecified atom stereocenters. The molecule has 0 spiro atoms. The summed E-state index contributed by atoms with van der Waals surface area (Å²) in [5.74, 6) is 0. The Morgan fingerprint density at radius 2 is 1.02 bits per heavy atom. The van der Waals surface area contributed by atoms with Gasteiger partial charge in [0.1, 0.15) is 18.3 Å². The summed E-state index contributed by atoms with van der Waals surface area (Å²) in [5.41, 5.74) is 3.94. The number of hydrogen-bond acceptors (Lipinski definition) is 7. The zero-order valence-electron chi connectivity index (χ0n) is 23.7. The molecule has 7 nitrogen and oxygen atoms in total. The van der Waals surface area contributed by atoms with Crippen LogP contribution >= 0.6 is 7.60 Å². The zero-order chi connectivity index (χ0) is 29.0. The molecule has 1 aliphatic rings. The SMILES string of the molecule is CP(=O)(OCc1ccccc1)O[C@H]1O[C@H](COCc2ccccc2)[C@@H](OCc2ccccc2)[C@H]1OCc1ccccc1. The fourth-order valence-electron chi connectivity index (χ4n) is 4.67. The van der Waals surface area contributed by atoms with E-state index in [0.717, 1.165) is 22.3 Å². The number of benzene rings is 4. The Kier molecular flexibility index (Phi) is 11.1. The highest BCUT2D eigenvalue weighted by Gasteiger charge is 2.49. The Morgan fingerprint density at radius 1 is 0.595 bits per heavy atom. The lowest BCUT2D eigenvalue weighted by Crippen LogP contribution is -2.39. The van der Waals surface area contributed by atoms with Crippen molar-refractivity contribution >= 4 is 7.60 Å². The van der Waals surface area contributed by atoms with E-state index in [9.17, 15) is 4.57 Å². The lowest BCUT2D eigenvalue weighted by molar-refractivity contribution is -0.142. The fraction of sp³-hybridized carbons (Fsp3) is 0.294. The van der Waals surface area contributed by atoms with Crippen LogP contribution in [0.2, 0.25) is 0 Å². The van der Waals surface area contributed by atoms with Crippen molar-refractivity contribution in [2.45, 2.75) is 51.0 Å². The molecule has 0 N–H and O–H groups in total. The van der Waals surface area contributed by atoms with Crippen LogP contribution in [0.1, 0.15) is 22.3 Å². The summed E-state index contributed by atoms with van der Waals surface area (Å²) < 4.78 is 50.5. The molecule has 0 aromatic heterocycles. The predicted molar refractivity (Wildman–Crippen MR) is 161 cm³/mol. The minimum absolute atomic E-state index is 0.147. The van der Waals surface area contributed by atoms with Crippen molar-refractivity contribution < 1.29 is 32.6 Å². The van der Waals surface area contributed by atoms with Gasteiger partial charge >= 0.3 is 7.60 Å². The van der Waals surface area contributed by atoms with Crippen LogP contribution in [0.3, 0.4) is 0 Å². The molecule has 0 saturated carbocycles. The van der Waals surface area contributed by atoms with Gasteiger partial charge in [-0.2, -0.15) is 0 Å². The van der Waals surface area contributed by atoms with Crippen LogP contribution in [0, 0.1) is 0 Å². The fourth-order valence-corrected chi connectivity index (χ4v) is 5.67. The first-order valence-corrected chi connectivity index (χ1v) is 16.1. The van der Waals surface area contributed by atoms with Gasteiger partial charge in [-0.05, 0) is 22.3 Å². The van der Waals surface area contributed by atoms with Gasteiger partial charge in [-0.1, -0.05) is 121 Å². The van der Waals surface area contributed by atoms with Gasteiger partial charge in [0.15, 0.2) is 6.29 Å². The van der Waals surface area contributed by atoms with Crippen LogP contribution in [0.25, 0.3) is 0 Å². The molecule has 1 aliphatic heterocycles. The molecule has 1 heterocycles. The minimum Gasteiger partial charge on any atom is -0.374 e. The molecule has 5 rings (SSSR count). The van der Waals surface area contributed by atoms with Crippen molar-refractivity contribution in [3.8, 4) is 0 Å². The highest BCUT2D eigenvalue weighted by Crippen LogP contribution is 2.49. The largest absolute Gasteiger partial charge is 0.374 e. The van der Waals surface area contributed by atoms with Gasteiger partial charge < -0.3 is 23.5 Å². The molecular weight excluding hydrogens is 551 g/mol. The molecule has 0 radical (unpaired) electrons. The molecule has 5 atom stereocenters. The number of rotatable bonds is 15. The lowest BCUT2D eigenvalue weighted by atomic mass is 10.1. The first-order valence-electron chi connectivity index (χ1n) is 14.1. The molecule has 220 valence electrons. The Hall–Kier alpha value is -3.13. The summed E-state index contributed by atoms with van der Waals surface area (Å²) in [5, 5.41) is 0. The van der Waals surface area contributed by atoms with Crippen LogP contribution in [0.4, 0.5) is 0 Å². The van der Waals surface area contributed by atoms with Crippen molar-refractivity contribution in [3.63, 3.8) is 0 Å². The van der Waals surface area contributed by atoms with Crippen molar-refractivity contribution in [3.05, 3.63) is 144 Å². The third-order valence-corrected chi connectivity index (χ3v) is 8.02. The van der Waals surface area contributed by atoms with Gasteiger partial charge in [-0.15, -0.1) is 0 Å². The minimum atomic E-state index is -3.55. The zero-order valence-corrected chi connectivity index (χ0v) is 24.6. The lowest BCUT2D eigenvalue weighted by Gasteiger charge is -2.26. The number of hydrogen-bond donors (Lipinski definition) is 0. The van der Waals surface area contributed by atoms with E-state index < -0.39 is 32.2 Å². The summed E-state index contributed by atoms with van der Waals surface area (Å²) in [6, 6.07) is 39.2. The second-order valence-corrected chi connectivity index (χ2v) is 12.2. The van der Waals surface area contributed by atoms with E-state index in [4.69, 9.17) is 28.0 Å². The maximum absolute atomic E-state index is 13.5. The van der Waals surface area contributed by atoms with Crippen LogP contribution in [-0.2, 0) is 59.0 Å². The van der Waals surface area contributed by atoms with Gasteiger partial charge in [0.05, 0.1) is 33.0 Å². The summed E-state index contributed by atoms with van der Waals surface area (Å²) in [6.45, 7) is 2.89. The number of ether oxygens (including phenoxy) is 4. The van der Waals surface area contributed by atoms with Crippen molar-refractivity contribution in [1.82, 2.24) is 0 Å². The summed E-state index contributed by atoms with van der Waals surface area (Å²) in [7, 11) is -3.55. The molecule has 42 heavy (non-hydrogen) atoms. The summed E-state index contributed by atoms with van der Waals surface area (Å²) >= 11 is 0. The van der Waals surface area contributed by atoms with Gasteiger partial charge in [-0.25, -0.2) is 0 Å². The van der Waals surface area contributed by atoms with Crippen molar-refractivity contribution in [2.24, 2.45) is 0 Å². The molecule has 0 amide bonds. The standard InChI is InChI=1S/C34H37O7P/c1-42(35,39-25-30-20-12-5-13-21-30)41-34-33(38-24-29-18-10-4-11-19-29)32(37-23-28-16-8-3-9-17-28)31(40-34)26-36-22-27-14-6-2-7-15-27/h2-21,31-34H,22-26H2,1H3/t31-,32-,33-,34-,42?/m1/s1. The molecule has 0 aliphatic carbocycles. The van der Waals surface area contributed by atoms with Gasteiger partial charge in [0, 0.05) is 6.66 Å². The van der Waals surface area contributed by atoms with Gasteiger partial charge in [0.2, 0.25) is 0 Å². The normalized spacial score (nSPS) is 21.6. The van der Waals surface area contributed by atoms with E-state index in [2.05, 4.69) is 0 Å². The summed E-state index contributed by atoms with van der Waals surface area (Å²) in [4.78, 5) is 0. The third kappa shape index (κ3) is 9.18. The first kappa shape index (κ1) is 30.3. The smallest absolute Gasteiger partial charge is 0.330 e. The highest BCUT2D eigenvalue weighted by molar-refractivity contribution is 7.52. The Bertz CT molecular complexity index is 1370. The van der Waals surface area contributed by atoms with E-state index in [1.165, 1.54) is 6.66 Å². The van der Waals surface area contributed by atoms with E-state index >= 15 is 0 Å². The average molecular weight is 589 g/mol. The third-order valence-electron chi connectivity index (χ3n) is 6.84. The maximum atomic E-state index is 13.5. The highest BCUT2D eigenvalue weighted by atomic mass is 31.2. The predicted octanol–water partition coefficient (Wildman–Crippen LogP) is 7.16. The second-order valence-electron chi connectivity index (χ2n) is 10.2. The topological polar surface area (TPSA) is 72.5 Å². The average Bonchev–Trinajstić information content (AvgIpc) is 3.34. The van der Waals surface area contributed by atoms with E-state index in [-0.39, 0.29) is 13.2 Å². The molecule has 4 aromatic rings. The van der Waals surface area contributed by atoms with Crippen LogP contribution in [0.5, 0.6) is 0 Å². The van der Waals surface area contributed by atoms with E-state index in [1.54, 1.807) is 0 Å².